The van der Waals surface area contributed by atoms with Crippen molar-refractivity contribution in [3.63, 3.8) is 0 Å². The van der Waals surface area contributed by atoms with E-state index in [2.05, 4.69) is 13.8 Å². The van der Waals surface area contributed by atoms with Gasteiger partial charge in [-0.1, -0.05) is 77.7 Å². The lowest BCUT2D eigenvalue weighted by atomic mass is 9.73. The van der Waals surface area contributed by atoms with Gasteiger partial charge in [0.1, 0.15) is 0 Å². The van der Waals surface area contributed by atoms with E-state index in [1.807, 2.05) is 6.07 Å². The Bertz CT molecular complexity index is 666. The Balaban J connectivity index is 2.08. The highest BCUT2D eigenvalue weighted by molar-refractivity contribution is 7.85. The lowest BCUT2D eigenvalue weighted by Gasteiger charge is -2.32. The molecule has 0 saturated carbocycles. The number of benzene rings is 1. The van der Waals surface area contributed by atoms with Gasteiger partial charge >= 0.3 is 0 Å². The van der Waals surface area contributed by atoms with Crippen LogP contribution in [0.4, 0.5) is 0 Å². The summed E-state index contributed by atoms with van der Waals surface area (Å²) in [6.07, 6.45) is 16.2. The van der Waals surface area contributed by atoms with Crippen LogP contribution in [0.25, 0.3) is 0 Å². The zero-order valence-electron chi connectivity index (χ0n) is 17.3. The third-order valence-corrected chi connectivity index (χ3v) is 7.01. The number of hydrogen-bond donors (Lipinski definition) is 1. The molecule has 4 heteroatoms. The Hall–Kier alpha value is -0.870. The molecule has 1 N–H and O–H groups in total. The van der Waals surface area contributed by atoms with Gasteiger partial charge in [0.25, 0.3) is 10.1 Å². The number of hydrogen-bond acceptors (Lipinski definition) is 2. The van der Waals surface area contributed by atoms with Crippen molar-refractivity contribution in [1.82, 2.24) is 0 Å². The van der Waals surface area contributed by atoms with E-state index in [0.29, 0.717) is 11.8 Å². The zero-order chi connectivity index (χ0) is 19.7. The Morgan fingerprint density at radius 1 is 0.815 bits per heavy atom. The summed E-state index contributed by atoms with van der Waals surface area (Å²) in [7, 11) is -4.13. The van der Waals surface area contributed by atoms with Crippen molar-refractivity contribution >= 4 is 10.1 Å². The van der Waals surface area contributed by atoms with E-state index in [1.165, 1.54) is 81.8 Å². The number of unbranched alkanes of at least 4 members (excludes halogenated alkanes) is 7. The predicted molar refractivity (Wildman–Crippen MR) is 113 cm³/mol. The SMILES string of the molecule is CCCCCCCCC1CCC(CCCCC)c2cc(S(=O)(=O)O)ccc21. The van der Waals surface area contributed by atoms with Gasteiger partial charge in [-0.2, -0.15) is 8.42 Å². The van der Waals surface area contributed by atoms with Gasteiger partial charge in [-0.15, -0.1) is 0 Å². The summed E-state index contributed by atoms with van der Waals surface area (Å²) in [6, 6.07) is 5.33. The van der Waals surface area contributed by atoms with Crippen LogP contribution in [0.2, 0.25) is 0 Å². The van der Waals surface area contributed by atoms with E-state index in [-0.39, 0.29) is 4.90 Å². The predicted octanol–water partition coefficient (Wildman–Crippen LogP) is 7.23. The van der Waals surface area contributed by atoms with Crippen molar-refractivity contribution in [2.45, 2.75) is 114 Å². The molecular formula is C23H38O3S. The van der Waals surface area contributed by atoms with E-state index < -0.39 is 10.1 Å². The van der Waals surface area contributed by atoms with Gasteiger partial charge < -0.3 is 0 Å². The van der Waals surface area contributed by atoms with Gasteiger partial charge in [0.2, 0.25) is 0 Å². The summed E-state index contributed by atoms with van der Waals surface area (Å²) in [5.41, 5.74) is 2.52. The molecule has 0 heterocycles. The van der Waals surface area contributed by atoms with Crippen molar-refractivity contribution in [2.24, 2.45) is 0 Å². The summed E-state index contributed by atoms with van der Waals surface area (Å²) in [6.45, 7) is 4.46. The van der Waals surface area contributed by atoms with E-state index in [1.54, 1.807) is 12.1 Å². The molecule has 154 valence electrons. The average molecular weight is 395 g/mol. The molecule has 2 rings (SSSR count). The molecule has 0 bridgehead atoms. The normalized spacial score (nSPS) is 19.8. The molecule has 1 aromatic carbocycles. The lowest BCUT2D eigenvalue weighted by molar-refractivity contribution is 0.421. The first-order chi connectivity index (χ1) is 13.0. The van der Waals surface area contributed by atoms with Gasteiger partial charge in [0, 0.05) is 0 Å². The third-order valence-electron chi connectivity index (χ3n) is 6.16. The minimum atomic E-state index is -4.13. The van der Waals surface area contributed by atoms with Gasteiger partial charge in [-0.05, 0) is 60.8 Å². The second kappa shape index (κ2) is 11.2. The minimum absolute atomic E-state index is 0.0574. The van der Waals surface area contributed by atoms with Crippen LogP contribution in [0, 0.1) is 0 Å². The van der Waals surface area contributed by atoms with E-state index in [4.69, 9.17) is 0 Å². The zero-order valence-corrected chi connectivity index (χ0v) is 18.1. The largest absolute Gasteiger partial charge is 0.294 e. The van der Waals surface area contributed by atoms with Crippen LogP contribution < -0.4 is 0 Å². The molecule has 0 spiro atoms. The average Bonchev–Trinajstić information content (AvgIpc) is 2.64. The van der Waals surface area contributed by atoms with Crippen molar-refractivity contribution in [3.8, 4) is 0 Å². The van der Waals surface area contributed by atoms with Crippen LogP contribution in [-0.2, 0) is 10.1 Å². The Morgan fingerprint density at radius 3 is 1.96 bits per heavy atom. The standard InChI is InChI=1S/C23H38O3S/c1-3-5-7-8-9-11-13-19-14-15-20(12-10-6-4-2)23-18-21(27(24,25)26)16-17-22(19)23/h16-20H,3-15H2,1-2H3,(H,24,25,26). The molecule has 3 nitrogen and oxygen atoms in total. The number of fused-ring (bicyclic) bond motifs is 1. The molecule has 1 aliphatic carbocycles. The Labute approximate surface area is 166 Å². The Kier molecular flexibility index (Phi) is 9.31. The molecule has 0 aliphatic heterocycles. The fourth-order valence-electron chi connectivity index (χ4n) is 4.56. The maximum Gasteiger partial charge on any atom is 0.294 e. The highest BCUT2D eigenvalue weighted by Crippen LogP contribution is 2.44. The molecule has 0 radical (unpaired) electrons. The summed E-state index contributed by atoms with van der Waals surface area (Å²) < 4.78 is 32.7. The maximum atomic E-state index is 11.6. The van der Waals surface area contributed by atoms with Crippen molar-refractivity contribution in [1.29, 1.82) is 0 Å². The smallest absolute Gasteiger partial charge is 0.282 e. The van der Waals surface area contributed by atoms with Crippen LogP contribution >= 0.6 is 0 Å². The summed E-state index contributed by atoms with van der Waals surface area (Å²) in [5.74, 6) is 0.984. The topological polar surface area (TPSA) is 54.4 Å². The van der Waals surface area contributed by atoms with E-state index in [0.717, 1.165) is 12.8 Å². The van der Waals surface area contributed by atoms with E-state index >= 15 is 0 Å². The second-order valence-electron chi connectivity index (χ2n) is 8.29. The molecule has 0 fully saturated rings. The van der Waals surface area contributed by atoms with Crippen LogP contribution in [0.15, 0.2) is 23.1 Å². The monoisotopic (exact) mass is 394 g/mol. The molecule has 2 unspecified atom stereocenters. The molecule has 1 aliphatic rings. The van der Waals surface area contributed by atoms with Crippen LogP contribution in [0.1, 0.15) is 120 Å². The first-order valence-electron chi connectivity index (χ1n) is 11.1. The fourth-order valence-corrected chi connectivity index (χ4v) is 5.08. The molecule has 27 heavy (non-hydrogen) atoms. The third kappa shape index (κ3) is 6.90. The maximum absolute atomic E-state index is 11.6. The van der Waals surface area contributed by atoms with Crippen LogP contribution in [0.5, 0.6) is 0 Å². The number of rotatable bonds is 12. The highest BCUT2D eigenvalue weighted by Gasteiger charge is 2.28. The van der Waals surface area contributed by atoms with Gasteiger partial charge in [-0.25, -0.2) is 0 Å². The van der Waals surface area contributed by atoms with Crippen LogP contribution in [-0.4, -0.2) is 13.0 Å². The minimum Gasteiger partial charge on any atom is -0.282 e. The van der Waals surface area contributed by atoms with Crippen molar-refractivity contribution in [3.05, 3.63) is 29.3 Å². The van der Waals surface area contributed by atoms with E-state index in [9.17, 15) is 13.0 Å². The summed E-state index contributed by atoms with van der Waals surface area (Å²) >= 11 is 0. The molecule has 0 saturated heterocycles. The first-order valence-corrected chi connectivity index (χ1v) is 12.5. The summed E-state index contributed by atoms with van der Waals surface area (Å²) in [5, 5.41) is 0. The highest BCUT2D eigenvalue weighted by atomic mass is 32.2. The molecular weight excluding hydrogens is 356 g/mol. The molecule has 0 amide bonds. The van der Waals surface area contributed by atoms with Crippen molar-refractivity contribution in [2.75, 3.05) is 0 Å². The lowest BCUT2D eigenvalue weighted by Crippen LogP contribution is -2.16. The quantitative estimate of drug-likeness (QED) is 0.300. The molecule has 0 aromatic heterocycles. The van der Waals surface area contributed by atoms with Crippen LogP contribution in [0.3, 0.4) is 0 Å². The van der Waals surface area contributed by atoms with Gasteiger partial charge in [0.05, 0.1) is 4.90 Å². The molecule has 1 aromatic rings. The fraction of sp³-hybridized carbons (Fsp3) is 0.739. The molecule has 2 atom stereocenters. The first kappa shape index (κ1) is 22.4. The second-order valence-corrected chi connectivity index (χ2v) is 9.71. The Morgan fingerprint density at radius 2 is 1.33 bits per heavy atom. The van der Waals surface area contributed by atoms with Crippen molar-refractivity contribution < 1.29 is 13.0 Å². The van der Waals surface area contributed by atoms with Gasteiger partial charge in [0.15, 0.2) is 0 Å². The van der Waals surface area contributed by atoms with Gasteiger partial charge in [-0.3, -0.25) is 4.55 Å². The summed E-state index contributed by atoms with van der Waals surface area (Å²) in [4.78, 5) is 0.0574.